The van der Waals surface area contributed by atoms with E-state index in [9.17, 15) is 8.78 Å². The number of fused-ring (bicyclic) bond motifs is 2. The molecule has 3 rings (SSSR count). The molecule has 1 aromatic rings. The molecule has 2 N–H and O–H groups in total. The quantitative estimate of drug-likeness (QED) is 0.397. The lowest BCUT2D eigenvalue weighted by Gasteiger charge is -2.23. The molecular weight excluding hydrogens is 439 g/mol. The molecule has 0 radical (unpaired) electrons. The Labute approximate surface area is 164 Å². The molecule has 0 saturated carbocycles. The van der Waals surface area contributed by atoms with Gasteiger partial charge in [0.1, 0.15) is 0 Å². The molecule has 7 heteroatoms. The summed E-state index contributed by atoms with van der Waals surface area (Å²) in [4.78, 5) is 4.61. The third-order valence-corrected chi connectivity index (χ3v) is 4.81. The molecule has 0 aliphatic carbocycles. The number of ether oxygens (including phenoxy) is 1. The van der Waals surface area contributed by atoms with Crippen molar-refractivity contribution in [3.05, 3.63) is 35.4 Å². The fourth-order valence-corrected chi connectivity index (χ4v) is 3.44. The molecule has 25 heavy (non-hydrogen) atoms. The minimum absolute atomic E-state index is 0. The summed E-state index contributed by atoms with van der Waals surface area (Å²) in [6.07, 6.45) is 3.95. The fourth-order valence-electron chi connectivity index (χ4n) is 3.44. The van der Waals surface area contributed by atoms with E-state index in [1.807, 2.05) is 13.8 Å². The van der Waals surface area contributed by atoms with Crippen molar-refractivity contribution in [1.29, 1.82) is 0 Å². The highest BCUT2D eigenvalue weighted by Gasteiger charge is 2.41. The average molecular weight is 465 g/mol. The number of benzene rings is 1. The van der Waals surface area contributed by atoms with E-state index in [1.165, 1.54) is 12.1 Å². The van der Waals surface area contributed by atoms with Crippen LogP contribution in [0.1, 0.15) is 44.6 Å². The van der Waals surface area contributed by atoms with Crippen LogP contribution in [0.25, 0.3) is 0 Å². The van der Waals surface area contributed by atoms with Gasteiger partial charge in [-0.2, -0.15) is 0 Å². The zero-order valence-electron chi connectivity index (χ0n) is 14.6. The highest BCUT2D eigenvalue weighted by Crippen LogP contribution is 2.34. The van der Waals surface area contributed by atoms with Gasteiger partial charge in [-0.1, -0.05) is 13.0 Å². The molecule has 0 amide bonds. The minimum atomic E-state index is -0.819. The first-order valence-electron chi connectivity index (χ1n) is 8.72. The number of nitrogens with one attached hydrogen (secondary N) is 2. The number of aliphatic imine (C=N–C) groups is 1. The van der Waals surface area contributed by atoms with Gasteiger partial charge >= 0.3 is 0 Å². The van der Waals surface area contributed by atoms with Crippen LogP contribution >= 0.6 is 24.0 Å². The summed E-state index contributed by atoms with van der Waals surface area (Å²) in [5, 5.41) is 6.70. The van der Waals surface area contributed by atoms with Crippen LogP contribution in [-0.2, 0) is 4.74 Å². The second-order valence-electron chi connectivity index (χ2n) is 6.65. The largest absolute Gasteiger partial charge is 0.373 e. The Morgan fingerprint density at radius 2 is 2.12 bits per heavy atom. The summed E-state index contributed by atoms with van der Waals surface area (Å²) in [5.41, 5.74) is 0.747. The van der Waals surface area contributed by atoms with Gasteiger partial charge in [0.05, 0.1) is 18.2 Å². The lowest BCUT2D eigenvalue weighted by Crippen LogP contribution is -2.47. The van der Waals surface area contributed by atoms with Gasteiger partial charge in [-0.05, 0) is 43.9 Å². The number of guanidine groups is 1. The van der Waals surface area contributed by atoms with Gasteiger partial charge in [0, 0.05) is 19.0 Å². The Kier molecular flexibility index (Phi) is 7.42. The summed E-state index contributed by atoms with van der Waals surface area (Å²) in [7, 11) is 0. The molecule has 1 aromatic carbocycles. The molecule has 4 atom stereocenters. The molecular formula is C18H26F2IN3O. The molecule has 4 nitrogen and oxygen atoms in total. The number of hydrogen-bond donors (Lipinski definition) is 2. The Balaban J connectivity index is 0.00000225. The zero-order valence-corrected chi connectivity index (χ0v) is 16.9. The first-order chi connectivity index (χ1) is 11.6. The molecule has 2 aliphatic heterocycles. The number of hydrogen-bond acceptors (Lipinski definition) is 2. The van der Waals surface area contributed by atoms with E-state index in [2.05, 4.69) is 15.6 Å². The fraction of sp³-hybridized carbons (Fsp3) is 0.611. The molecule has 140 valence electrons. The maximum Gasteiger partial charge on any atom is 0.191 e. The Bertz CT molecular complexity index is 614. The van der Waals surface area contributed by atoms with E-state index in [0.29, 0.717) is 18.7 Å². The van der Waals surface area contributed by atoms with E-state index in [0.717, 1.165) is 37.3 Å². The van der Waals surface area contributed by atoms with Crippen LogP contribution in [0.4, 0.5) is 8.78 Å². The standard InChI is InChI=1S/C18H25F2N3O.HI/c1-3-21-18(23-16-9-13-5-7-17(16)24-13)22-10-11(2)12-4-6-14(19)15(20)8-12;/h4,6,8,11,13,16-17H,3,5,7,9-10H2,1-2H3,(H2,21,22,23);1H. The van der Waals surface area contributed by atoms with Gasteiger partial charge in [-0.3, -0.25) is 4.99 Å². The van der Waals surface area contributed by atoms with Crippen LogP contribution in [0.3, 0.4) is 0 Å². The van der Waals surface area contributed by atoms with Crippen molar-refractivity contribution in [3.8, 4) is 0 Å². The van der Waals surface area contributed by atoms with Gasteiger partial charge in [0.25, 0.3) is 0 Å². The van der Waals surface area contributed by atoms with Crippen molar-refractivity contribution in [2.45, 2.75) is 57.3 Å². The van der Waals surface area contributed by atoms with Crippen LogP contribution in [0, 0.1) is 11.6 Å². The molecule has 2 bridgehead atoms. The predicted molar refractivity (Wildman–Crippen MR) is 106 cm³/mol. The van der Waals surface area contributed by atoms with E-state index in [4.69, 9.17) is 4.74 Å². The lowest BCUT2D eigenvalue weighted by atomic mass is 9.96. The van der Waals surface area contributed by atoms with Crippen LogP contribution in [-0.4, -0.2) is 37.3 Å². The molecule has 2 saturated heterocycles. The maximum atomic E-state index is 13.4. The first-order valence-corrected chi connectivity index (χ1v) is 8.72. The van der Waals surface area contributed by atoms with Crippen LogP contribution in [0.2, 0.25) is 0 Å². The lowest BCUT2D eigenvalue weighted by molar-refractivity contribution is 0.0992. The monoisotopic (exact) mass is 465 g/mol. The zero-order chi connectivity index (χ0) is 17.1. The van der Waals surface area contributed by atoms with Crippen molar-refractivity contribution in [1.82, 2.24) is 10.6 Å². The molecule has 0 aromatic heterocycles. The normalized spacial score (nSPS) is 26.2. The van der Waals surface area contributed by atoms with Crippen LogP contribution < -0.4 is 10.6 Å². The van der Waals surface area contributed by atoms with Gasteiger partial charge in [0.2, 0.25) is 0 Å². The van der Waals surface area contributed by atoms with Crippen LogP contribution in [0.5, 0.6) is 0 Å². The van der Waals surface area contributed by atoms with Crippen molar-refractivity contribution >= 4 is 29.9 Å². The van der Waals surface area contributed by atoms with Gasteiger partial charge < -0.3 is 15.4 Å². The third-order valence-electron chi connectivity index (χ3n) is 4.81. The van der Waals surface area contributed by atoms with Gasteiger partial charge in [0.15, 0.2) is 17.6 Å². The molecule has 2 aliphatic rings. The van der Waals surface area contributed by atoms with E-state index < -0.39 is 11.6 Å². The molecule has 2 fully saturated rings. The highest BCUT2D eigenvalue weighted by molar-refractivity contribution is 14.0. The SMILES string of the molecule is CCNC(=NCC(C)c1ccc(F)c(F)c1)NC1CC2CCC1O2.I. The first kappa shape index (κ1) is 20.4. The molecule has 4 unspecified atom stereocenters. The van der Waals surface area contributed by atoms with Gasteiger partial charge in [-0.15, -0.1) is 24.0 Å². The topological polar surface area (TPSA) is 45.7 Å². The third kappa shape index (κ3) is 5.03. The van der Waals surface area contributed by atoms with E-state index in [1.54, 1.807) is 6.07 Å². The maximum absolute atomic E-state index is 13.4. The van der Waals surface area contributed by atoms with Crippen LogP contribution in [0.15, 0.2) is 23.2 Å². The number of rotatable bonds is 5. The Morgan fingerprint density at radius 1 is 1.32 bits per heavy atom. The molecule has 2 heterocycles. The van der Waals surface area contributed by atoms with Crippen molar-refractivity contribution in [3.63, 3.8) is 0 Å². The summed E-state index contributed by atoms with van der Waals surface area (Å²) < 4.78 is 32.3. The number of nitrogens with zero attached hydrogens (tertiary/aromatic N) is 1. The smallest absolute Gasteiger partial charge is 0.191 e. The van der Waals surface area contributed by atoms with Gasteiger partial charge in [-0.25, -0.2) is 8.78 Å². The highest BCUT2D eigenvalue weighted by atomic mass is 127. The van der Waals surface area contributed by atoms with Crippen molar-refractivity contribution < 1.29 is 13.5 Å². The summed E-state index contributed by atoms with van der Waals surface area (Å²) in [6.45, 7) is 5.25. The second kappa shape index (κ2) is 9.12. The predicted octanol–water partition coefficient (Wildman–Crippen LogP) is 3.56. The Morgan fingerprint density at radius 3 is 2.72 bits per heavy atom. The Hall–Kier alpha value is -0.960. The molecule has 0 spiro atoms. The summed E-state index contributed by atoms with van der Waals surface area (Å²) >= 11 is 0. The summed E-state index contributed by atoms with van der Waals surface area (Å²) in [5.74, 6) is -0.867. The minimum Gasteiger partial charge on any atom is -0.373 e. The van der Waals surface area contributed by atoms with Crippen molar-refractivity contribution in [2.75, 3.05) is 13.1 Å². The van der Waals surface area contributed by atoms with Crippen molar-refractivity contribution in [2.24, 2.45) is 4.99 Å². The average Bonchev–Trinajstić information content (AvgIpc) is 3.18. The number of halogens is 3. The summed E-state index contributed by atoms with van der Waals surface area (Å²) in [6, 6.07) is 4.34. The second-order valence-corrected chi connectivity index (χ2v) is 6.65. The van der Waals surface area contributed by atoms with E-state index >= 15 is 0 Å². The van der Waals surface area contributed by atoms with E-state index in [-0.39, 0.29) is 36.0 Å².